The number of hydrogen-bond acceptors (Lipinski definition) is 3. The highest BCUT2D eigenvalue weighted by Gasteiger charge is 2.20. The van der Waals surface area contributed by atoms with Crippen LogP contribution in [0, 0.1) is 5.92 Å². The van der Waals surface area contributed by atoms with Gasteiger partial charge in [0, 0.05) is 38.8 Å². The summed E-state index contributed by atoms with van der Waals surface area (Å²) < 4.78 is 0. The van der Waals surface area contributed by atoms with Crippen LogP contribution in [0.2, 0.25) is 0 Å². The van der Waals surface area contributed by atoms with Crippen LogP contribution in [0.15, 0.2) is 0 Å². The van der Waals surface area contributed by atoms with E-state index in [0.29, 0.717) is 0 Å². The van der Waals surface area contributed by atoms with Gasteiger partial charge in [0.15, 0.2) is 0 Å². The Labute approximate surface area is 108 Å². The van der Waals surface area contributed by atoms with E-state index in [9.17, 15) is 0 Å². The summed E-state index contributed by atoms with van der Waals surface area (Å²) >= 11 is 0. The molecule has 1 aliphatic rings. The summed E-state index contributed by atoms with van der Waals surface area (Å²) in [6.45, 7) is 14.5. The SMILES string of the molecule is CNCCCC(C)N1CCN(CC(C)C)CC1. The Hall–Kier alpha value is -0.120. The third-order valence-corrected chi connectivity index (χ3v) is 3.70. The van der Waals surface area contributed by atoms with Crippen molar-refractivity contribution in [3.8, 4) is 0 Å². The second kappa shape index (κ2) is 8.06. The number of hydrogen-bond donors (Lipinski definition) is 1. The quantitative estimate of drug-likeness (QED) is 0.684. The standard InChI is InChI=1S/C14H31N3/c1-13(2)12-16-8-10-17(11-9-16)14(3)6-5-7-15-4/h13-15H,5-12H2,1-4H3. The van der Waals surface area contributed by atoms with Gasteiger partial charge in [0.25, 0.3) is 0 Å². The molecule has 0 aliphatic carbocycles. The van der Waals surface area contributed by atoms with E-state index in [1.807, 2.05) is 7.05 Å². The fourth-order valence-electron chi connectivity index (χ4n) is 2.66. The first-order valence-corrected chi connectivity index (χ1v) is 7.24. The first-order chi connectivity index (χ1) is 8.13. The maximum absolute atomic E-state index is 3.23. The molecule has 1 unspecified atom stereocenters. The Morgan fingerprint density at radius 2 is 1.71 bits per heavy atom. The average molecular weight is 241 g/mol. The van der Waals surface area contributed by atoms with Crippen molar-refractivity contribution in [2.24, 2.45) is 5.92 Å². The van der Waals surface area contributed by atoms with E-state index in [2.05, 4.69) is 35.9 Å². The normalized spacial score (nSPS) is 21.0. The van der Waals surface area contributed by atoms with Crippen LogP contribution in [0.3, 0.4) is 0 Å². The van der Waals surface area contributed by atoms with E-state index >= 15 is 0 Å². The molecule has 3 nitrogen and oxygen atoms in total. The number of piperazine rings is 1. The Morgan fingerprint density at radius 3 is 2.24 bits per heavy atom. The smallest absolute Gasteiger partial charge is 0.0113 e. The van der Waals surface area contributed by atoms with Crippen LogP contribution in [0.4, 0.5) is 0 Å². The molecule has 0 saturated carbocycles. The minimum atomic E-state index is 0.754. The first kappa shape index (κ1) is 14.9. The summed E-state index contributed by atoms with van der Waals surface area (Å²) in [6.07, 6.45) is 2.62. The van der Waals surface area contributed by atoms with E-state index in [-0.39, 0.29) is 0 Å². The third kappa shape index (κ3) is 5.84. The molecule has 102 valence electrons. The Morgan fingerprint density at radius 1 is 1.06 bits per heavy atom. The molecule has 1 rings (SSSR count). The van der Waals surface area contributed by atoms with Crippen LogP contribution >= 0.6 is 0 Å². The summed E-state index contributed by atoms with van der Waals surface area (Å²) in [7, 11) is 2.04. The molecule has 0 aromatic rings. The summed E-state index contributed by atoms with van der Waals surface area (Å²) in [6, 6.07) is 0.754. The van der Waals surface area contributed by atoms with Crippen molar-refractivity contribution in [2.75, 3.05) is 46.3 Å². The Kier molecular flexibility index (Phi) is 7.09. The van der Waals surface area contributed by atoms with Crippen LogP contribution in [0.5, 0.6) is 0 Å². The highest BCUT2D eigenvalue weighted by Crippen LogP contribution is 2.11. The molecule has 0 radical (unpaired) electrons. The predicted octanol–water partition coefficient (Wildman–Crippen LogP) is 1.65. The van der Waals surface area contributed by atoms with Gasteiger partial charge in [-0.2, -0.15) is 0 Å². The molecule has 0 aromatic carbocycles. The van der Waals surface area contributed by atoms with Crippen LogP contribution in [-0.2, 0) is 0 Å². The molecule has 17 heavy (non-hydrogen) atoms. The largest absolute Gasteiger partial charge is 0.320 e. The number of nitrogens with one attached hydrogen (secondary N) is 1. The predicted molar refractivity (Wildman–Crippen MR) is 75.5 cm³/mol. The molecule has 1 fully saturated rings. The van der Waals surface area contributed by atoms with Crippen molar-refractivity contribution in [1.29, 1.82) is 0 Å². The topological polar surface area (TPSA) is 18.5 Å². The minimum Gasteiger partial charge on any atom is -0.320 e. The van der Waals surface area contributed by atoms with Crippen molar-refractivity contribution in [3.63, 3.8) is 0 Å². The van der Waals surface area contributed by atoms with Gasteiger partial charge in [-0.15, -0.1) is 0 Å². The fraction of sp³-hybridized carbons (Fsp3) is 1.00. The third-order valence-electron chi connectivity index (χ3n) is 3.70. The fourth-order valence-corrected chi connectivity index (χ4v) is 2.66. The van der Waals surface area contributed by atoms with E-state index in [1.165, 1.54) is 45.6 Å². The molecule has 0 amide bonds. The van der Waals surface area contributed by atoms with Crippen molar-refractivity contribution in [3.05, 3.63) is 0 Å². The zero-order chi connectivity index (χ0) is 12.7. The molecule has 0 aromatic heterocycles. The average Bonchev–Trinajstić information content (AvgIpc) is 2.29. The van der Waals surface area contributed by atoms with Gasteiger partial charge < -0.3 is 10.2 Å². The first-order valence-electron chi connectivity index (χ1n) is 7.24. The van der Waals surface area contributed by atoms with Crippen molar-refractivity contribution >= 4 is 0 Å². The molecular formula is C14H31N3. The maximum atomic E-state index is 3.23. The van der Waals surface area contributed by atoms with E-state index in [0.717, 1.165) is 18.5 Å². The number of nitrogens with zero attached hydrogens (tertiary/aromatic N) is 2. The van der Waals surface area contributed by atoms with Gasteiger partial charge in [-0.1, -0.05) is 13.8 Å². The zero-order valence-electron chi connectivity index (χ0n) is 12.2. The molecule has 3 heteroatoms. The molecule has 0 bridgehead atoms. The van der Waals surface area contributed by atoms with Crippen molar-refractivity contribution in [1.82, 2.24) is 15.1 Å². The van der Waals surface area contributed by atoms with Crippen molar-refractivity contribution in [2.45, 2.75) is 39.7 Å². The van der Waals surface area contributed by atoms with Crippen LogP contribution in [0.25, 0.3) is 0 Å². The summed E-state index contributed by atoms with van der Waals surface area (Å²) in [5.41, 5.74) is 0. The molecule has 1 heterocycles. The van der Waals surface area contributed by atoms with Gasteiger partial charge in [-0.25, -0.2) is 0 Å². The minimum absolute atomic E-state index is 0.754. The van der Waals surface area contributed by atoms with E-state index < -0.39 is 0 Å². The zero-order valence-corrected chi connectivity index (χ0v) is 12.2. The van der Waals surface area contributed by atoms with Gasteiger partial charge in [0.1, 0.15) is 0 Å². The lowest BCUT2D eigenvalue weighted by molar-refractivity contribution is 0.0910. The second-order valence-corrected chi connectivity index (χ2v) is 5.83. The lowest BCUT2D eigenvalue weighted by atomic mass is 10.1. The van der Waals surface area contributed by atoms with Gasteiger partial charge in [-0.05, 0) is 39.3 Å². The molecule has 1 atom stereocenters. The van der Waals surface area contributed by atoms with Crippen LogP contribution in [0.1, 0.15) is 33.6 Å². The second-order valence-electron chi connectivity index (χ2n) is 5.83. The molecule has 0 spiro atoms. The summed E-state index contributed by atoms with van der Waals surface area (Å²) in [5, 5.41) is 3.23. The van der Waals surface area contributed by atoms with E-state index in [4.69, 9.17) is 0 Å². The highest BCUT2D eigenvalue weighted by molar-refractivity contribution is 4.76. The van der Waals surface area contributed by atoms with E-state index in [1.54, 1.807) is 0 Å². The van der Waals surface area contributed by atoms with Crippen LogP contribution in [-0.4, -0.2) is 62.2 Å². The Balaban J connectivity index is 2.17. The molecular weight excluding hydrogens is 210 g/mol. The van der Waals surface area contributed by atoms with Gasteiger partial charge >= 0.3 is 0 Å². The molecule has 1 saturated heterocycles. The highest BCUT2D eigenvalue weighted by atomic mass is 15.3. The monoisotopic (exact) mass is 241 g/mol. The Bertz CT molecular complexity index is 186. The van der Waals surface area contributed by atoms with Gasteiger partial charge in [-0.3, -0.25) is 4.90 Å². The van der Waals surface area contributed by atoms with Crippen LogP contribution < -0.4 is 5.32 Å². The van der Waals surface area contributed by atoms with Gasteiger partial charge in [0.2, 0.25) is 0 Å². The summed E-state index contributed by atoms with van der Waals surface area (Å²) in [5.74, 6) is 0.801. The number of rotatable bonds is 7. The molecule has 1 aliphatic heterocycles. The summed E-state index contributed by atoms with van der Waals surface area (Å²) in [4.78, 5) is 5.27. The van der Waals surface area contributed by atoms with Crippen molar-refractivity contribution < 1.29 is 0 Å². The molecule has 1 N–H and O–H groups in total. The lowest BCUT2D eigenvalue weighted by Gasteiger charge is -2.38. The van der Waals surface area contributed by atoms with Gasteiger partial charge in [0.05, 0.1) is 0 Å². The lowest BCUT2D eigenvalue weighted by Crippen LogP contribution is -2.50. The maximum Gasteiger partial charge on any atom is 0.0113 e.